The molecule has 0 aliphatic heterocycles. The lowest BCUT2D eigenvalue weighted by molar-refractivity contribution is 0.0939. The van der Waals surface area contributed by atoms with Crippen LogP contribution in [-0.4, -0.2) is 16.0 Å². The number of carbonyl (C=O) groups excluding carboxylic acids is 1. The van der Waals surface area contributed by atoms with Gasteiger partial charge in [0.25, 0.3) is 11.6 Å². The van der Waals surface area contributed by atoms with E-state index in [2.05, 4.69) is 15.5 Å². The highest BCUT2D eigenvalue weighted by atomic mass is 16.5. The molecule has 0 aliphatic carbocycles. The molecule has 0 aliphatic rings. The van der Waals surface area contributed by atoms with Gasteiger partial charge in [-0.3, -0.25) is 4.79 Å². The Kier molecular flexibility index (Phi) is 3.39. The molecule has 5 nitrogen and oxygen atoms in total. The molecule has 0 unspecified atom stereocenters. The van der Waals surface area contributed by atoms with Gasteiger partial charge in [0.05, 0.1) is 22.7 Å². The van der Waals surface area contributed by atoms with Crippen molar-refractivity contribution in [3.63, 3.8) is 0 Å². The van der Waals surface area contributed by atoms with E-state index < -0.39 is 0 Å². The molecule has 1 N–H and O–H groups in total. The van der Waals surface area contributed by atoms with E-state index in [0.29, 0.717) is 11.3 Å². The Bertz CT molecular complexity index is 781. The van der Waals surface area contributed by atoms with Crippen LogP contribution in [0, 0.1) is 6.92 Å². The van der Waals surface area contributed by atoms with Gasteiger partial charge in [-0.1, -0.05) is 35.5 Å². The third-order valence-corrected chi connectivity index (χ3v) is 3.42. The first-order chi connectivity index (χ1) is 10.1. The SMILES string of the molecule is Cc1noc2ncc(C(=O)N[C@@H](C)c3ccccc3)cc12. The molecule has 0 radical (unpaired) electrons. The monoisotopic (exact) mass is 281 g/mol. The average molecular weight is 281 g/mol. The van der Waals surface area contributed by atoms with Crippen LogP contribution in [-0.2, 0) is 0 Å². The Morgan fingerprint density at radius 3 is 2.81 bits per heavy atom. The number of nitrogens with zero attached hydrogens (tertiary/aromatic N) is 2. The van der Waals surface area contributed by atoms with Gasteiger partial charge in [-0.2, -0.15) is 0 Å². The van der Waals surface area contributed by atoms with E-state index in [4.69, 9.17) is 4.52 Å². The third-order valence-electron chi connectivity index (χ3n) is 3.42. The zero-order valence-corrected chi connectivity index (χ0v) is 11.8. The molecule has 1 atom stereocenters. The van der Waals surface area contributed by atoms with Gasteiger partial charge in [0.2, 0.25) is 0 Å². The molecule has 5 heteroatoms. The number of pyridine rings is 1. The molecule has 2 heterocycles. The molecule has 0 saturated heterocycles. The molecular formula is C16H15N3O2. The number of carbonyl (C=O) groups is 1. The van der Waals surface area contributed by atoms with Crippen molar-refractivity contribution in [3.8, 4) is 0 Å². The van der Waals surface area contributed by atoms with E-state index in [-0.39, 0.29) is 11.9 Å². The lowest BCUT2D eigenvalue weighted by Gasteiger charge is -2.14. The lowest BCUT2D eigenvalue weighted by atomic mass is 10.1. The summed E-state index contributed by atoms with van der Waals surface area (Å²) in [6.45, 7) is 3.77. The number of hydrogen-bond acceptors (Lipinski definition) is 4. The summed E-state index contributed by atoms with van der Waals surface area (Å²) in [6, 6.07) is 11.5. The molecule has 0 fully saturated rings. The van der Waals surface area contributed by atoms with Gasteiger partial charge in [-0.05, 0) is 25.5 Å². The van der Waals surface area contributed by atoms with Gasteiger partial charge in [0.15, 0.2) is 0 Å². The fourth-order valence-electron chi connectivity index (χ4n) is 2.17. The van der Waals surface area contributed by atoms with Crippen LogP contribution in [0.25, 0.3) is 11.1 Å². The predicted octanol–water partition coefficient (Wildman–Crippen LogP) is 3.02. The van der Waals surface area contributed by atoms with Crippen LogP contribution >= 0.6 is 0 Å². The Labute approximate surface area is 122 Å². The predicted molar refractivity (Wildman–Crippen MR) is 78.9 cm³/mol. The highest BCUT2D eigenvalue weighted by Crippen LogP contribution is 2.18. The molecule has 2 aromatic heterocycles. The maximum Gasteiger partial charge on any atom is 0.257 e. The quantitative estimate of drug-likeness (QED) is 0.801. The first-order valence-electron chi connectivity index (χ1n) is 6.73. The first kappa shape index (κ1) is 13.3. The maximum absolute atomic E-state index is 12.3. The van der Waals surface area contributed by atoms with Crippen LogP contribution < -0.4 is 5.32 Å². The number of fused-ring (bicyclic) bond motifs is 1. The summed E-state index contributed by atoms with van der Waals surface area (Å²) in [5.74, 6) is -0.165. The number of nitrogens with one attached hydrogen (secondary N) is 1. The standard InChI is InChI=1S/C16H15N3O2/c1-10(12-6-4-3-5-7-12)18-15(20)13-8-14-11(2)19-21-16(14)17-9-13/h3-10H,1-2H3,(H,18,20)/t10-/m0/s1. The van der Waals surface area contributed by atoms with Crippen LogP contribution in [0.3, 0.4) is 0 Å². The first-order valence-corrected chi connectivity index (χ1v) is 6.73. The molecule has 1 amide bonds. The summed E-state index contributed by atoms with van der Waals surface area (Å²) >= 11 is 0. The number of amides is 1. The van der Waals surface area contributed by atoms with Crippen molar-refractivity contribution in [2.45, 2.75) is 19.9 Å². The van der Waals surface area contributed by atoms with Crippen molar-refractivity contribution in [2.75, 3.05) is 0 Å². The van der Waals surface area contributed by atoms with Gasteiger partial charge in [0.1, 0.15) is 0 Å². The van der Waals surface area contributed by atoms with Gasteiger partial charge in [0, 0.05) is 6.20 Å². The molecule has 21 heavy (non-hydrogen) atoms. The molecule has 0 saturated carbocycles. The van der Waals surface area contributed by atoms with Crippen molar-refractivity contribution in [1.82, 2.24) is 15.5 Å². The van der Waals surface area contributed by atoms with E-state index in [0.717, 1.165) is 16.6 Å². The average Bonchev–Trinajstić information content (AvgIpc) is 2.89. The molecule has 3 rings (SSSR count). The number of hydrogen-bond donors (Lipinski definition) is 1. The van der Waals surface area contributed by atoms with Gasteiger partial charge in [-0.15, -0.1) is 0 Å². The Hall–Kier alpha value is -2.69. The molecular weight excluding hydrogens is 266 g/mol. The van der Waals surface area contributed by atoms with Crippen LogP contribution in [0.2, 0.25) is 0 Å². The van der Waals surface area contributed by atoms with Gasteiger partial charge >= 0.3 is 0 Å². The number of rotatable bonds is 3. The number of aryl methyl sites for hydroxylation is 1. The minimum atomic E-state index is -0.165. The van der Waals surface area contributed by atoms with Gasteiger partial charge < -0.3 is 9.84 Å². The summed E-state index contributed by atoms with van der Waals surface area (Å²) in [5, 5.41) is 7.55. The highest BCUT2D eigenvalue weighted by Gasteiger charge is 2.14. The van der Waals surface area contributed by atoms with E-state index >= 15 is 0 Å². The van der Waals surface area contributed by atoms with Crippen LogP contribution in [0.4, 0.5) is 0 Å². The highest BCUT2D eigenvalue weighted by molar-refractivity contribution is 5.97. The van der Waals surface area contributed by atoms with Crippen molar-refractivity contribution < 1.29 is 9.32 Å². The van der Waals surface area contributed by atoms with Crippen molar-refractivity contribution in [1.29, 1.82) is 0 Å². The number of aromatic nitrogens is 2. The summed E-state index contributed by atoms with van der Waals surface area (Å²) in [6.07, 6.45) is 1.50. The second-order valence-corrected chi connectivity index (χ2v) is 4.95. The fourth-order valence-corrected chi connectivity index (χ4v) is 2.17. The number of benzene rings is 1. The molecule has 1 aromatic carbocycles. The summed E-state index contributed by atoms with van der Waals surface area (Å²) < 4.78 is 5.04. The van der Waals surface area contributed by atoms with Crippen molar-refractivity contribution >= 4 is 17.0 Å². The summed E-state index contributed by atoms with van der Waals surface area (Å²) in [4.78, 5) is 16.4. The summed E-state index contributed by atoms with van der Waals surface area (Å²) in [5.41, 5.74) is 2.72. The zero-order valence-electron chi connectivity index (χ0n) is 11.8. The van der Waals surface area contributed by atoms with Crippen LogP contribution in [0.1, 0.15) is 34.6 Å². The van der Waals surface area contributed by atoms with Crippen LogP contribution in [0.5, 0.6) is 0 Å². The van der Waals surface area contributed by atoms with E-state index in [1.807, 2.05) is 44.2 Å². The zero-order chi connectivity index (χ0) is 14.8. The van der Waals surface area contributed by atoms with Crippen molar-refractivity contribution in [3.05, 3.63) is 59.4 Å². The largest absolute Gasteiger partial charge is 0.345 e. The minimum Gasteiger partial charge on any atom is -0.345 e. The molecule has 0 spiro atoms. The lowest BCUT2D eigenvalue weighted by Crippen LogP contribution is -2.26. The second-order valence-electron chi connectivity index (χ2n) is 4.95. The molecule has 3 aromatic rings. The fraction of sp³-hybridized carbons (Fsp3) is 0.188. The van der Waals surface area contributed by atoms with Gasteiger partial charge in [-0.25, -0.2) is 4.98 Å². The minimum absolute atomic E-state index is 0.0713. The Balaban J connectivity index is 1.82. The Morgan fingerprint density at radius 1 is 1.29 bits per heavy atom. The topological polar surface area (TPSA) is 68.0 Å². The maximum atomic E-state index is 12.3. The van der Waals surface area contributed by atoms with E-state index in [1.54, 1.807) is 6.07 Å². The van der Waals surface area contributed by atoms with E-state index in [1.165, 1.54) is 6.20 Å². The van der Waals surface area contributed by atoms with Crippen LogP contribution in [0.15, 0.2) is 47.1 Å². The smallest absolute Gasteiger partial charge is 0.257 e. The third kappa shape index (κ3) is 2.63. The van der Waals surface area contributed by atoms with Crippen molar-refractivity contribution in [2.24, 2.45) is 0 Å². The molecule has 0 bridgehead atoms. The second kappa shape index (κ2) is 5.36. The normalized spacial score (nSPS) is 12.3. The molecule has 106 valence electrons. The van der Waals surface area contributed by atoms with E-state index in [9.17, 15) is 4.79 Å². The Morgan fingerprint density at radius 2 is 2.05 bits per heavy atom. The summed E-state index contributed by atoms with van der Waals surface area (Å²) in [7, 11) is 0.